The molecule has 4 fully saturated rings. The summed E-state index contributed by atoms with van der Waals surface area (Å²) in [6.45, 7) is 13.5. The number of ether oxygens (including phenoxy) is 2. The lowest BCUT2D eigenvalue weighted by molar-refractivity contribution is -0.216. The van der Waals surface area contributed by atoms with Gasteiger partial charge < -0.3 is 14.6 Å². The van der Waals surface area contributed by atoms with Gasteiger partial charge in [0, 0.05) is 5.92 Å². The van der Waals surface area contributed by atoms with Crippen LogP contribution in [0, 0.1) is 50.2 Å². The van der Waals surface area contributed by atoms with Crippen LogP contribution in [0.5, 0.6) is 0 Å². The fraction of sp³-hybridized carbons (Fsp3) is 0.711. The van der Waals surface area contributed by atoms with Crippen molar-refractivity contribution >= 4 is 17.7 Å². The molecule has 0 spiro atoms. The maximum Gasteiger partial charge on any atom is 0.314 e. The first-order valence-corrected chi connectivity index (χ1v) is 16.8. The molecule has 6 heteroatoms. The van der Waals surface area contributed by atoms with Crippen molar-refractivity contribution in [3.05, 3.63) is 47.5 Å². The Morgan fingerprint density at radius 1 is 0.886 bits per heavy atom. The van der Waals surface area contributed by atoms with Gasteiger partial charge in [-0.05, 0) is 117 Å². The number of hydrogen-bond donors (Lipinski definition) is 1. The highest BCUT2D eigenvalue weighted by atomic mass is 16.5. The van der Waals surface area contributed by atoms with Gasteiger partial charge in [-0.1, -0.05) is 63.6 Å². The Morgan fingerprint density at radius 2 is 1.57 bits per heavy atom. The van der Waals surface area contributed by atoms with E-state index in [9.17, 15) is 19.5 Å². The van der Waals surface area contributed by atoms with E-state index >= 15 is 0 Å². The fourth-order valence-electron chi connectivity index (χ4n) is 11.4. The average Bonchev–Trinajstić information content (AvgIpc) is 3.00. The number of fused-ring (bicyclic) bond motifs is 7. The number of benzene rings is 1. The quantitative estimate of drug-likeness (QED) is 0.365. The maximum atomic E-state index is 14.6. The monoisotopic (exact) mass is 604 g/mol. The molecular formula is C38H52O6. The number of carbonyl (C=O) groups excluding carboxylic acids is 3. The van der Waals surface area contributed by atoms with Crippen molar-refractivity contribution < 1.29 is 29.0 Å². The average molecular weight is 605 g/mol. The largest absolute Gasteiger partial charge is 0.469 e. The number of carbonyl (C=O) groups is 3. The van der Waals surface area contributed by atoms with Gasteiger partial charge in [0.25, 0.3) is 0 Å². The van der Waals surface area contributed by atoms with Crippen molar-refractivity contribution in [1.29, 1.82) is 0 Å². The molecule has 0 heterocycles. The molecule has 4 saturated carbocycles. The van der Waals surface area contributed by atoms with E-state index in [2.05, 4.69) is 34.6 Å². The van der Waals surface area contributed by atoms with Gasteiger partial charge in [-0.3, -0.25) is 14.4 Å². The molecule has 5 aliphatic carbocycles. The molecule has 0 saturated heterocycles. The molecule has 1 N–H and O–H groups in total. The number of rotatable bonds is 4. The van der Waals surface area contributed by atoms with Crippen LogP contribution in [-0.4, -0.2) is 36.0 Å². The minimum Gasteiger partial charge on any atom is -0.469 e. The standard InChI is InChI=1S/C38H52O6/c1-33-17-18-34(2,31(41)44-23-24-11-9-8-10-12-24)22-26(33)25-21-27(39)30-35(3)15-14-29(40)38(6,32(42)43-7)28(35)13-16-37(30,5)36(25,4)20-19-33/h8-12,21,26,28-30,40H,13-20,22-23H2,1-7H3/t26-,28+,29-,30+,33+,34-,35-,36+,37+,38-/m0/s1. The van der Waals surface area contributed by atoms with Gasteiger partial charge in [-0.2, -0.15) is 0 Å². The van der Waals surface area contributed by atoms with E-state index in [0.29, 0.717) is 19.3 Å². The van der Waals surface area contributed by atoms with E-state index in [-0.39, 0.29) is 58.3 Å². The summed E-state index contributed by atoms with van der Waals surface area (Å²) < 4.78 is 11.2. The molecule has 6 nitrogen and oxygen atoms in total. The van der Waals surface area contributed by atoms with Gasteiger partial charge in [-0.25, -0.2) is 0 Å². The van der Waals surface area contributed by atoms with E-state index in [4.69, 9.17) is 9.47 Å². The lowest BCUT2D eigenvalue weighted by Gasteiger charge is -2.70. The topological polar surface area (TPSA) is 89.9 Å². The molecule has 0 unspecified atom stereocenters. The van der Waals surface area contributed by atoms with Crippen molar-refractivity contribution in [2.45, 2.75) is 112 Å². The van der Waals surface area contributed by atoms with Crippen LogP contribution in [0.3, 0.4) is 0 Å². The van der Waals surface area contributed by atoms with Gasteiger partial charge in [-0.15, -0.1) is 0 Å². The van der Waals surface area contributed by atoms with Crippen LogP contribution < -0.4 is 0 Å². The number of aliphatic hydroxyl groups excluding tert-OH is 1. The number of methoxy groups -OCH3 is 1. The van der Waals surface area contributed by atoms with E-state index in [1.807, 2.05) is 43.3 Å². The first kappa shape index (κ1) is 31.5. The molecule has 0 aliphatic heterocycles. The highest BCUT2D eigenvalue weighted by molar-refractivity contribution is 5.96. The summed E-state index contributed by atoms with van der Waals surface area (Å²) in [5, 5.41) is 11.2. The molecule has 240 valence electrons. The van der Waals surface area contributed by atoms with Crippen molar-refractivity contribution in [2.24, 2.45) is 50.2 Å². The molecule has 0 radical (unpaired) electrons. The summed E-state index contributed by atoms with van der Waals surface area (Å²) in [7, 11) is 1.40. The van der Waals surface area contributed by atoms with Crippen molar-refractivity contribution in [3.8, 4) is 0 Å². The highest BCUT2D eigenvalue weighted by Gasteiger charge is 2.72. The molecule has 5 aliphatic rings. The highest BCUT2D eigenvalue weighted by Crippen LogP contribution is 2.75. The molecule has 0 bridgehead atoms. The summed E-state index contributed by atoms with van der Waals surface area (Å²) in [4.78, 5) is 41.5. The second kappa shape index (κ2) is 10.3. The van der Waals surface area contributed by atoms with Crippen LogP contribution in [0.4, 0.5) is 0 Å². The maximum absolute atomic E-state index is 14.6. The summed E-state index contributed by atoms with van der Waals surface area (Å²) in [6.07, 6.45) is 8.49. The molecule has 10 atom stereocenters. The Kier molecular flexibility index (Phi) is 7.35. The van der Waals surface area contributed by atoms with E-state index in [0.717, 1.165) is 44.1 Å². The number of ketones is 1. The summed E-state index contributed by atoms with van der Waals surface area (Å²) >= 11 is 0. The number of allylic oxidation sites excluding steroid dienone is 2. The third kappa shape index (κ3) is 4.18. The van der Waals surface area contributed by atoms with Crippen LogP contribution in [0.1, 0.15) is 105 Å². The van der Waals surface area contributed by atoms with Gasteiger partial charge in [0.2, 0.25) is 0 Å². The molecule has 0 amide bonds. The van der Waals surface area contributed by atoms with Gasteiger partial charge in [0.15, 0.2) is 5.78 Å². The molecule has 44 heavy (non-hydrogen) atoms. The van der Waals surface area contributed by atoms with Crippen LogP contribution >= 0.6 is 0 Å². The zero-order valence-electron chi connectivity index (χ0n) is 27.8. The third-order valence-electron chi connectivity index (χ3n) is 14.5. The fourth-order valence-corrected chi connectivity index (χ4v) is 11.4. The predicted octanol–water partition coefficient (Wildman–Crippen LogP) is 7.22. The second-order valence-electron chi connectivity index (χ2n) is 16.6. The SMILES string of the molecule is COC(=O)[C@@]1(C)[C@@H]2CC[C@]3(C)[C@H](C(=O)C=C4[C@@H]5C[C@@](C)(C(=O)OCc6ccccc6)CC[C@]5(C)CC[C@]43C)[C@@]2(C)CC[C@@H]1O. The smallest absolute Gasteiger partial charge is 0.314 e. The molecule has 0 aromatic heterocycles. The lowest BCUT2D eigenvalue weighted by atomic mass is 9.33. The minimum absolute atomic E-state index is 0.0353. The third-order valence-corrected chi connectivity index (χ3v) is 14.5. The zero-order chi connectivity index (χ0) is 31.9. The minimum atomic E-state index is -1.04. The van der Waals surface area contributed by atoms with Crippen molar-refractivity contribution in [1.82, 2.24) is 0 Å². The van der Waals surface area contributed by atoms with Crippen LogP contribution in [-0.2, 0) is 30.5 Å². The van der Waals surface area contributed by atoms with Crippen LogP contribution in [0.15, 0.2) is 42.0 Å². The van der Waals surface area contributed by atoms with E-state index in [1.165, 1.54) is 12.7 Å². The van der Waals surface area contributed by atoms with Gasteiger partial charge in [0.05, 0.1) is 24.0 Å². The number of aliphatic hydroxyl groups is 1. The molecular weight excluding hydrogens is 552 g/mol. The Hall–Kier alpha value is -2.47. The lowest BCUT2D eigenvalue weighted by Crippen LogP contribution is -2.68. The Bertz CT molecular complexity index is 1380. The van der Waals surface area contributed by atoms with E-state index in [1.54, 1.807) is 0 Å². The zero-order valence-corrected chi connectivity index (χ0v) is 27.8. The van der Waals surface area contributed by atoms with Gasteiger partial charge in [0.1, 0.15) is 6.61 Å². The first-order valence-electron chi connectivity index (χ1n) is 16.8. The Morgan fingerprint density at radius 3 is 2.25 bits per heavy atom. The second-order valence-corrected chi connectivity index (χ2v) is 16.6. The Labute approximate surface area is 263 Å². The van der Waals surface area contributed by atoms with Crippen molar-refractivity contribution in [3.63, 3.8) is 0 Å². The van der Waals surface area contributed by atoms with Gasteiger partial charge >= 0.3 is 11.9 Å². The summed E-state index contributed by atoms with van der Waals surface area (Å²) in [6, 6.07) is 9.83. The molecule has 6 rings (SSSR count). The molecule has 1 aromatic carbocycles. The van der Waals surface area contributed by atoms with E-state index < -0.39 is 22.3 Å². The van der Waals surface area contributed by atoms with Crippen molar-refractivity contribution in [2.75, 3.05) is 7.11 Å². The summed E-state index contributed by atoms with van der Waals surface area (Å²) in [5.74, 6) is -0.598. The predicted molar refractivity (Wildman–Crippen MR) is 168 cm³/mol. The number of hydrogen-bond acceptors (Lipinski definition) is 6. The normalized spacial score (nSPS) is 46.4. The van der Waals surface area contributed by atoms with Crippen LogP contribution in [0.2, 0.25) is 0 Å². The van der Waals surface area contributed by atoms with Crippen LogP contribution in [0.25, 0.3) is 0 Å². The number of esters is 2. The Balaban J connectivity index is 1.35. The molecule has 1 aromatic rings. The first-order chi connectivity index (χ1) is 20.6. The summed E-state index contributed by atoms with van der Waals surface area (Å²) in [5.41, 5.74) is -0.305.